The van der Waals surface area contributed by atoms with Crippen molar-refractivity contribution in [3.8, 4) is 0 Å². The van der Waals surface area contributed by atoms with Gasteiger partial charge < -0.3 is 25.3 Å². The van der Waals surface area contributed by atoms with E-state index in [1.807, 2.05) is 0 Å². The first-order chi connectivity index (χ1) is 11.2. The molecule has 0 saturated carbocycles. The van der Waals surface area contributed by atoms with Crippen LogP contribution >= 0.6 is 0 Å². The number of hydrogen-bond donors (Lipinski definition) is 4. The van der Waals surface area contributed by atoms with Crippen molar-refractivity contribution in [2.24, 2.45) is 0 Å². The summed E-state index contributed by atoms with van der Waals surface area (Å²) in [6.45, 7) is -1.09. The van der Waals surface area contributed by atoms with Crippen molar-refractivity contribution >= 4 is 24.4 Å². The topological polar surface area (TPSA) is 162 Å². The summed E-state index contributed by atoms with van der Waals surface area (Å²) in [6, 6.07) is 0. The van der Waals surface area contributed by atoms with Crippen LogP contribution in [0, 0.1) is 0 Å². The molecule has 136 valence electrons. The van der Waals surface area contributed by atoms with Crippen LogP contribution in [0.4, 0.5) is 19.2 Å². The number of rotatable bonds is 0. The molecule has 0 unspecified atom stereocenters. The van der Waals surface area contributed by atoms with Crippen LogP contribution in [0.2, 0.25) is 0 Å². The summed E-state index contributed by atoms with van der Waals surface area (Å²) in [5.74, 6) is 0. The maximum atomic E-state index is 11.3. The Balaban J connectivity index is 3.02. The highest BCUT2D eigenvalue weighted by molar-refractivity contribution is 5.72. The minimum absolute atomic E-state index is 0.137. The number of hydrogen-bond acceptors (Lipinski definition) is 4. The van der Waals surface area contributed by atoms with Gasteiger partial charge in [0.15, 0.2) is 0 Å². The fraction of sp³-hybridized carbons (Fsp3) is 0.667. The second-order valence-electron chi connectivity index (χ2n) is 5.11. The predicted octanol–water partition coefficient (Wildman–Crippen LogP) is 0.963. The Labute approximate surface area is 137 Å². The fourth-order valence-electron chi connectivity index (χ4n) is 2.23. The number of carbonyl (C=O) groups is 4. The third kappa shape index (κ3) is 5.37. The molecule has 1 saturated heterocycles. The Hall–Kier alpha value is -2.92. The van der Waals surface area contributed by atoms with Gasteiger partial charge in [0.1, 0.15) is 6.67 Å². The van der Waals surface area contributed by atoms with Gasteiger partial charge in [0.2, 0.25) is 0 Å². The van der Waals surface area contributed by atoms with Crippen LogP contribution in [0.15, 0.2) is 0 Å². The first kappa shape index (κ1) is 19.1. The Bertz CT molecular complexity index is 499. The first-order valence-corrected chi connectivity index (χ1v) is 7.20. The monoisotopic (exact) mass is 348 g/mol. The van der Waals surface area contributed by atoms with Crippen molar-refractivity contribution in [3.63, 3.8) is 0 Å². The van der Waals surface area contributed by atoms with Gasteiger partial charge in [0.25, 0.3) is 0 Å². The molecule has 0 bridgehead atoms. The van der Waals surface area contributed by atoms with Crippen molar-refractivity contribution in [3.05, 3.63) is 0 Å². The molecule has 0 aromatic heterocycles. The smallest absolute Gasteiger partial charge is 0.428 e. The van der Waals surface area contributed by atoms with Crippen molar-refractivity contribution in [1.29, 1.82) is 0 Å². The van der Waals surface area contributed by atoms with Crippen LogP contribution in [0.25, 0.3) is 0 Å². The highest BCUT2D eigenvalue weighted by atomic mass is 16.4. The van der Waals surface area contributed by atoms with Gasteiger partial charge in [-0.05, 0) is 19.3 Å². The summed E-state index contributed by atoms with van der Waals surface area (Å²) in [5.41, 5.74) is 0. The normalized spacial score (nSPS) is 17.7. The van der Waals surface area contributed by atoms with Crippen LogP contribution in [0.5, 0.6) is 0 Å². The highest BCUT2D eigenvalue weighted by Crippen LogP contribution is 2.09. The Kier molecular flexibility index (Phi) is 6.89. The molecular weight excluding hydrogens is 328 g/mol. The van der Waals surface area contributed by atoms with Crippen molar-refractivity contribution in [2.45, 2.75) is 19.3 Å². The van der Waals surface area contributed by atoms with Crippen LogP contribution in [-0.2, 0) is 0 Å². The quantitative estimate of drug-likeness (QED) is 0.503. The molecule has 1 fully saturated rings. The highest BCUT2D eigenvalue weighted by Gasteiger charge is 2.29. The van der Waals surface area contributed by atoms with Crippen LogP contribution in [-0.4, -0.2) is 97.5 Å². The molecule has 1 aliphatic heterocycles. The fourth-order valence-corrected chi connectivity index (χ4v) is 2.23. The second-order valence-corrected chi connectivity index (χ2v) is 5.11. The Morgan fingerprint density at radius 1 is 0.542 bits per heavy atom. The average molecular weight is 348 g/mol. The number of amides is 4. The van der Waals surface area contributed by atoms with Gasteiger partial charge in [-0.25, -0.2) is 24.2 Å². The summed E-state index contributed by atoms with van der Waals surface area (Å²) in [7, 11) is 0. The van der Waals surface area contributed by atoms with E-state index in [0.29, 0.717) is 34.2 Å². The predicted molar refractivity (Wildman–Crippen MR) is 77.6 cm³/mol. The van der Waals surface area contributed by atoms with E-state index < -0.39 is 31.0 Å². The standard InChI is InChI=1S/C12H20N4O8/c17-9(18)13-4-2-1-3-5-15(11(21)22)16(12(23)24)8-14(7-6-13)10(19)20/h1-8H2,(H,17,18)(H,19,20)(H,21,22)(H,23,24). The van der Waals surface area contributed by atoms with E-state index in [-0.39, 0.29) is 26.2 Å². The summed E-state index contributed by atoms with van der Waals surface area (Å²) >= 11 is 0. The molecule has 4 N–H and O–H groups in total. The minimum Gasteiger partial charge on any atom is -0.465 e. The third-order valence-corrected chi connectivity index (χ3v) is 3.52. The lowest BCUT2D eigenvalue weighted by Gasteiger charge is -2.34. The van der Waals surface area contributed by atoms with Crippen LogP contribution in [0.3, 0.4) is 0 Å². The number of carboxylic acid groups (broad SMARTS) is 4. The third-order valence-electron chi connectivity index (χ3n) is 3.52. The van der Waals surface area contributed by atoms with E-state index >= 15 is 0 Å². The molecule has 0 aromatic rings. The number of hydrazine groups is 1. The lowest BCUT2D eigenvalue weighted by molar-refractivity contribution is -0.0291. The average Bonchev–Trinajstić information content (AvgIpc) is 2.46. The molecule has 12 nitrogen and oxygen atoms in total. The molecule has 0 radical (unpaired) electrons. The zero-order valence-corrected chi connectivity index (χ0v) is 12.9. The zero-order valence-electron chi connectivity index (χ0n) is 12.9. The van der Waals surface area contributed by atoms with Crippen molar-refractivity contribution in [1.82, 2.24) is 19.8 Å². The SMILES string of the molecule is O=C(O)N1CCCCCN(C(=O)O)N(C(=O)O)CN(C(=O)O)CC1. The molecule has 4 amide bonds. The second kappa shape index (κ2) is 8.64. The molecule has 1 heterocycles. The van der Waals surface area contributed by atoms with Gasteiger partial charge in [-0.1, -0.05) is 0 Å². The van der Waals surface area contributed by atoms with Gasteiger partial charge in [-0.2, -0.15) is 5.01 Å². The van der Waals surface area contributed by atoms with Gasteiger partial charge >= 0.3 is 24.4 Å². The van der Waals surface area contributed by atoms with E-state index in [2.05, 4.69) is 0 Å². The molecule has 24 heavy (non-hydrogen) atoms. The summed E-state index contributed by atoms with van der Waals surface area (Å²) < 4.78 is 0. The summed E-state index contributed by atoms with van der Waals surface area (Å²) in [4.78, 5) is 46.7. The summed E-state index contributed by atoms with van der Waals surface area (Å²) in [6.07, 6.45) is -4.52. The van der Waals surface area contributed by atoms with E-state index in [1.165, 1.54) is 0 Å². The van der Waals surface area contributed by atoms with Crippen LogP contribution in [0.1, 0.15) is 19.3 Å². The molecule has 0 aliphatic carbocycles. The van der Waals surface area contributed by atoms with Gasteiger partial charge in [-0.3, -0.25) is 4.90 Å². The molecule has 1 rings (SSSR count). The lowest BCUT2D eigenvalue weighted by Crippen LogP contribution is -2.55. The molecular formula is C12H20N4O8. The number of nitrogens with zero attached hydrogens (tertiary/aromatic N) is 4. The van der Waals surface area contributed by atoms with Crippen LogP contribution < -0.4 is 0 Å². The lowest BCUT2D eigenvalue weighted by atomic mass is 10.2. The van der Waals surface area contributed by atoms with Gasteiger partial charge in [-0.15, -0.1) is 0 Å². The van der Waals surface area contributed by atoms with Crippen molar-refractivity contribution < 1.29 is 39.6 Å². The van der Waals surface area contributed by atoms with Gasteiger partial charge in [0.05, 0.1) is 0 Å². The Morgan fingerprint density at radius 3 is 1.54 bits per heavy atom. The zero-order chi connectivity index (χ0) is 18.3. The first-order valence-electron chi connectivity index (χ1n) is 7.20. The van der Waals surface area contributed by atoms with Crippen molar-refractivity contribution in [2.75, 3.05) is 32.8 Å². The maximum absolute atomic E-state index is 11.3. The van der Waals surface area contributed by atoms with E-state index in [1.54, 1.807) is 0 Å². The molecule has 0 spiro atoms. The molecule has 1 aliphatic rings. The van der Waals surface area contributed by atoms with E-state index in [9.17, 15) is 29.4 Å². The molecule has 12 heteroatoms. The minimum atomic E-state index is -1.61. The summed E-state index contributed by atoms with van der Waals surface area (Å²) in [5, 5.41) is 37.6. The van der Waals surface area contributed by atoms with Gasteiger partial charge in [0, 0.05) is 26.2 Å². The molecule has 0 aromatic carbocycles. The van der Waals surface area contributed by atoms with E-state index in [4.69, 9.17) is 10.2 Å². The Morgan fingerprint density at radius 2 is 1.04 bits per heavy atom. The maximum Gasteiger partial charge on any atom is 0.428 e. The molecule has 0 atom stereocenters. The largest absolute Gasteiger partial charge is 0.465 e. The van der Waals surface area contributed by atoms with E-state index in [0.717, 1.165) is 4.90 Å².